The topological polar surface area (TPSA) is 74.0 Å². The van der Waals surface area contributed by atoms with Gasteiger partial charge in [-0.1, -0.05) is 24.8 Å². The molecule has 3 aromatic heterocycles. The Bertz CT molecular complexity index is 734. The molecule has 0 amide bonds. The van der Waals surface area contributed by atoms with Crippen LogP contribution in [0.4, 0.5) is 0 Å². The molecule has 110 valence electrons. The van der Waals surface area contributed by atoms with Gasteiger partial charge in [0.2, 0.25) is 0 Å². The molecule has 0 aliphatic carbocycles. The third-order valence-electron chi connectivity index (χ3n) is 3.43. The number of fused-ring (bicyclic) bond motifs is 1. The van der Waals surface area contributed by atoms with Gasteiger partial charge < -0.3 is 5.73 Å². The van der Waals surface area contributed by atoms with Gasteiger partial charge in [-0.25, -0.2) is 0 Å². The number of rotatable bonds is 5. The van der Waals surface area contributed by atoms with Crippen LogP contribution in [0.5, 0.6) is 0 Å². The van der Waals surface area contributed by atoms with Crippen molar-refractivity contribution < 1.29 is 0 Å². The van der Waals surface area contributed by atoms with Crippen LogP contribution >= 0.6 is 11.8 Å². The van der Waals surface area contributed by atoms with E-state index in [0.717, 1.165) is 22.8 Å². The SMILES string of the molecule is CCC(N)C(Sc1nnc2ccccn12)c1cnn(C)c1. The van der Waals surface area contributed by atoms with Crippen molar-refractivity contribution in [3.05, 3.63) is 42.4 Å². The first-order chi connectivity index (χ1) is 10.2. The summed E-state index contributed by atoms with van der Waals surface area (Å²) in [6.07, 6.45) is 6.74. The third kappa shape index (κ3) is 2.79. The number of pyridine rings is 1. The van der Waals surface area contributed by atoms with Crippen molar-refractivity contribution in [3.63, 3.8) is 0 Å². The lowest BCUT2D eigenvalue weighted by Gasteiger charge is -2.20. The van der Waals surface area contributed by atoms with Crippen molar-refractivity contribution in [1.29, 1.82) is 0 Å². The Hall–Kier alpha value is -1.86. The highest BCUT2D eigenvalue weighted by molar-refractivity contribution is 7.99. The minimum absolute atomic E-state index is 0.0373. The molecule has 21 heavy (non-hydrogen) atoms. The molecule has 2 unspecified atom stereocenters. The summed E-state index contributed by atoms with van der Waals surface area (Å²) >= 11 is 1.63. The number of nitrogens with two attached hydrogens (primary N) is 1. The molecule has 2 atom stereocenters. The van der Waals surface area contributed by atoms with Gasteiger partial charge in [-0.2, -0.15) is 5.10 Å². The van der Waals surface area contributed by atoms with Crippen molar-refractivity contribution in [3.8, 4) is 0 Å². The van der Waals surface area contributed by atoms with E-state index in [1.54, 1.807) is 16.4 Å². The lowest BCUT2D eigenvalue weighted by atomic mass is 10.1. The minimum Gasteiger partial charge on any atom is -0.326 e. The maximum atomic E-state index is 6.30. The van der Waals surface area contributed by atoms with Crippen molar-refractivity contribution >= 4 is 17.4 Å². The van der Waals surface area contributed by atoms with E-state index in [0.29, 0.717) is 0 Å². The molecule has 0 aromatic carbocycles. The molecule has 0 bridgehead atoms. The van der Waals surface area contributed by atoms with Crippen LogP contribution < -0.4 is 5.73 Å². The van der Waals surface area contributed by atoms with E-state index in [4.69, 9.17) is 5.73 Å². The van der Waals surface area contributed by atoms with E-state index in [2.05, 4.69) is 22.2 Å². The summed E-state index contributed by atoms with van der Waals surface area (Å²) in [6.45, 7) is 2.09. The maximum absolute atomic E-state index is 6.30. The van der Waals surface area contributed by atoms with Gasteiger partial charge in [0.25, 0.3) is 0 Å². The lowest BCUT2D eigenvalue weighted by Crippen LogP contribution is -2.25. The van der Waals surface area contributed by atoms with E-state index in [1.165, 1.54) is 0 Å². The van der Waals surface area contributed by atoms with Crippen LogP contribution in [0.15, 0.2) is 41.9 Å². The average molecular weight is 302 g/mol. The summed E-state index contributed by atoms with van der Waals surface area (Å²) in [5, 5.41) is 13.7. The van der Waals surface area contributed by atoms with Crippen molar-refractivity contribution in [2.45, 2.75) is 29.8 Å². The van der Waals surface area contributed by atoms with E-state index < -0.39 is 0 Å². The molecule has 6 nitrogen and oxygen atoms in total. The monoisotopic (exact) mass is 302 g/mol. The minimum atomic E-state index is 0.0373. The highest BCUT2D eigenvalue weighted by atomic mass is 32.2. The number of thioether (sulfide) groups is 1. The fourth-order valence-electron chi connectivity index (χ4n) is 2.22. The van der Waals surface area contributed by atoms with E-state index in [9.17, 15) is 0 Å². The van der Waals surface area contributed by atoms with Gasteiger partial charge in [0.15, 0.2) is 10.8 Å². The summed E-state index contributed by atoms with van der Waals surface area (Å²) in [5.41, 5.74) is 8.26. The standard InChI is InChI=1S/C14H18N6S/c1-3-11(15)13(10-8-16-19(2)9-10)21-14-18-17-12-6-4-5-7-20(12)14/h4-9,11,13H,3,15H2,1-2H3. The molecule has 3 rings (SSSR count). The number of nitrogens with zero attached hydrogens (tertiary/aromatic N) is 5. The van der Waals surface area contributed by atoms with Crippen molar-refractivity contribution in [2.75, 3.05) is 0 Å². The molecule has 7 heteroatoms. The van der Waals surface area contributed by atoms with E-state index in [1.807, 2.05) is 48.2 Å². The van der Waals surface area contributed by atoms with Gasteiger partial charge in [-0.05, 0) is 18.6 Å². The Morgan fingerprint density at radius 1 is 1.33 bits per heavy atom. The summed E-state index contributed by atoms with van der Waals surface area (Å²) in [4.78, 5) is 0. The number of aromatic nitrogens is 5. The predicted octanol–water partition coefficient (Wildman–Crippen LogP) is 2.03. The van der Waals surface area contributed by atoms with Crippen molar-refractivity contribution in [2.24, 2.45) is 12.8 Å². The predicted molar refractivity (Wildman–Crippen MR) is 83.1 cm³/mol. The zero-order valence-corrected chi connectivity index (χ0v) is 12.9. The quantitative estimate of drug-likeness (QED) is 0.730. The highest BCUT2D eigenvalue weighted by Crippen LogP contribution is 2.37. The average Bonchev–Trinajstić information content (AvgIpc) is 3.10. The third-order valence-corrected chi connectivity index (χ3v) is 4.79. The summed E-state index contributed by atoms with van der Waals surface area (Å²) in [7, 11) is 1.91. The molecule has 0 saturated heterocycles. The molecule has 0 aliphatic heterocycles. The Kier molecular flexibility index (Phi) is 3.94. The Balaban J connectivity index is 1.94. The van der Waals surface area contributed by atoms with E-state index in [-0.39, 0.29) is 11.3 Å². The smallest absolute Gasteiger partial charge is 0.196 e. The van der Waals surface area contributed by atoms with Gasteiger partial charge in [0.1, 0.15) is 0 Å². The normalized spacial score (nSPS) is 14.4. The largest absolute Gasteiger partial charge is 0.326 e. The maximum Gasteiger partial charge on any atom is 0.196 e. The van der Waals surface area contributed by atoms with Crippen LogP contribution in [-0.2, 0) is 7.05 Å². The first-order valence-corrected chi connectivity index (χ1v) is 7.77. The van der Waals surface area contributed by atoms with Crippen molar-refractivity contribution in [1.82, 2.24) is 24.4 Å². The lowest BCUT2D eigenvalue weighted by molar-refractivity contribution is 0.631. The second kappa shape index (κ2) is 5.87. The molecule has 0 saturated carbocycles. The first-order valence-electron chi connectivity index (χ1n) is 6.89. The Morgan fingerprint density at radius 2 is 2.19 bits per heavy atom. The number of aryl methyl sites for hydroxylation is 1. The van der Waals surface area contributed by atoms with Crippen LogP contribution in [0.25, 0.3) is 5.65 Å². The number of hydrogen-bond acceptors (Lipinski definition) is 5. The van der Waals surface area contributed by atoms with Crippen LogP contribution in [0.2, 0.25) is 0 Å². The fraction of sp³-hybridized carbons (Fsp3) is 0.357. The zero-order chi connectivity index (χ0) is 14.8. The molecular weight excluding hydrogens is 284 g/mol. The van der Waals surface area contributed by atoms with Gasteiger partial charge in [-0.15, -0.1) is 10.2 Å². The van der Waals surface area contributed by atoms with Crippen LogP contribution in [0.3, 0.4) is 0 Å². The summed E-state index contributed by atoms with van der Waals surface area (Å²) in [6, 6.07) is 5.90. The molecule has 3 heterocycles. The molecule has 0 fully saturated rings. The van der Waals surface area contributed by atoms with Crippen LogP contribution in [-0.4, -0.2) is 30.4 Å². The molecule has 0 aliphatic rings. The van der Waals surface area contributed by atoms with Gasteiger partial charge >= 0.3 is 0 Å². The van der Waals surface area contributed by atoms with Crippen LogP contribution in [0.1, 0.15) is 24.2 Å². The van der Waals surface area contributed by atoms with Gasteiger partial charge in [-0.3, -0.25) is 9.08 Å². The molecular formula is C14H18N6S. The zero-order valence-electron chi connectivity index (χ0n) is 12.0. The molecule has 0 spiro atoms. The molecule has 0 radical (unpaired) electrons. The van der Waals surface area contributed by atoms with Gasteiger partial charge in [0, 0.05) is 31.0 Å². The number of hydrogen-bond donors (Lipinski definition) is 1. The fourth-order valence-corrected chi connectivity index (χ4v) is 3.43. The Morgan fingerprint density at radius 3 is 2.90 bits per heavy atom. The summed E-state index contributed by atoms with van der Waals surface area (Å²) in [5.74, 6) is 0. The second-order valence-corrected chi connectivity index (χ2v) is 6.08. The molecule has 2 N–H and O–H groups in total. The summed E-state index contributed by atoms with van der Waals surface area (Å²) < 4.78 is 3.78. The second-order valence-electron chi connectivity index (χ2n) is 4.97. The highest BCUT2D eigenvalue weighted by Gasteiger charge is 2.23. The van der Waals surface area contributed by atoms with Gasteiger partial charge in [0.05, 0.1) is 11.4 Å². The van der Waals surface area contributed by atoms with Crippen LogP contribution in [0, 0.1) is 0 Å². The first kappa shape index (κ1) is 14.1. The Labute approximate surface area is 127 Å². The van der Waals surface area contributed by atoms with E-state index >= 15 is 0 Å². The molecule has 3 aromatic rings.